The van der Waals surface area contributed by atoms with Crippen molar-refractivity contribution < 1.29 is 24.6 Å². The fourth-order valence-corrected chi connectivity index (χ4v) is 11.2. The Morgan fingerprint density at radius 2 is 1.78 bits per heavy atom. The first-order chi connectivity index (χ1) is 23.7. The molecule has 0 bridgehead atoms. The van der Waals surface area contributed by atoms with Gasteiger partial charge in [0.05, 0.1) is 9.95 Å². The molecular weight excluding hydrogens is 711 g/mol. The molecule has 50 heavy (non-hydrogen) atoms. The van der Waals surface area contributed by atoms with Gasteiger partial charge in [-0.1, -0.05) is 57.2 Å². The maximum absolute atomic E-state index is 13.5. The molecule has 1 aromatic heterocycles. The average molecular weight is 752 g/mol. The average Bonchev–Trinajstić information content (AvgIpc) is 3.81. The standard InChI is InChI=1S/C37H41N3O6S4/c1-6-36(3,34(45)46)20-37(4,7-2)50-23-14-12-22(13-15-23)40-26-10-8-9-24(26)25-17-21(11-16-27(25)40)18-28-31(43)39(19-29(41)42)33(48-28)30-32(44)38(5)35(47)49-30/h11-18,24,26H,6-10,19-20H2,1-5H3,(H,41,42)(H,45,46)/b28-18-,33-30+. The van der Waals surface area contributed by atoms with E-state index in [0.717, 1.165) is 75.2 Å². The van der Waals surface area contributed by atoms with Crippen LogP contribution in [0.3, 0.4) is 0 Å². The summed E-state index contributed by atoms with van der Waals surface area (Å²) in [5, 5.41) is 19.5. The number of amides is 1. The zero-order valence-corrected chi connectivity index (χ0v) is 32.0. The van der Waals surface area contributed by atoms with Gasteiger partial charge in [-0.25, -0.2) is 0 Å². The number of fused-ring (bicyclic) bond motifs is 3. The smallest absolute Gasteiger partial charge is 0.323 e. The van der Waals surface area contributed by atoms with Crippen molar-refractivity contribution in [2.45, 2.75) is 94.4 Å². The second-order valence-electron chi connectivity index (χ2n) is 13.9. The van der Waals surface area contributed by atoms with Gasteiger partial charge in [-0.15, -0.1) is 23.1 Å². The van der Waals surface area contributed by atoms with E-state index >= 15 is 0 Å². The second kappa shape index (κ2) is 14.0. The van der Waals surface area contributed by atoms with E-state index in [4.69, 9.17) is 12.2 Å². The van der Waals surface area contributed by atoms with Crippen molar-refractivity contribution in [2.75, 3.05) is 11.9 Å². The topological polar surface area (TPSA) is 120 Å². The van der Waals surface area contributed by atoms with Gasteiger partial charge in [0.25, 0.3) is 11.5 Å². The predicted octanol–water partition coefficient (Wildman–Crippen LogP) is 6.36. The molecule has 4 unspecified atom stereocenters. The number of thioether (sulfide) groups is 2. The fraction of sp³-hybridized carbons (Fsp3) is 0.432. The lowest BCUT2D eigenvalue weighted by Gasteiger charge is -2.36. The lowest BCUT2D eigenvalue weighted by molar-refractivity contribution is -0.149. The van der Waals surface area contributed by atoms with Crippen LogP contribution in [0.2, 0.25) is 0 Å². The first kappa shape index (κ1) is 36.4. The van der Waals surface area contributed by atoms with Gasteiger partial charge >= 0.3 is 11.9 Å². The number of nitrogens with zero attached hydrogens (tertiary/aromatic N) is 3. The molecule has 0 spiro atoms. The SMILES string of the molecule is CCC(C)(CC(C)(CC)C(=O)O)Sc1ccc(N2c3ccc(/C=c4\s/c(=C5/SC(=S)N(C)C5=O)n(CC(=O)O)c4=O)cc3C3CCCC32)cc1. The molecule has 6 rings (SSSR count). The van der Waals surface area contributed by atoms with Crippen LogP contribution in [0, 0.1) is 5.41 Å². The molecule has 13 heteroatoms. The maximum atomic E-state index is 13.5. The maximum Gasteiger partial charge on any atom is 0.323 e. The van der Waals surface area contributed by atoms with E-state index in [0.29, 0.717) is 38.3 Å². The fourth-order valence-electron chi connectivity index (χ4n) is 7.36. The monoisotopic (exact) mass is 751 g/mol. The van der Waals surface area contributed by atoms with Crippen molar-refractivity contribution in [1.82, 2.24) is 9.47 Å². The third kappa shape index (κ3) is 6.69. The minimum absolute atomic E-state index is 0.220. The van der Waals surface area contributed by atoms with Crippen molar-refractivity contribution in [1.29, 1.82) is 0 Å². The Morgan fingerprint density at radius 3 is 2.38 bits per heavy atom. The van der Waals surface area contributed by atoms with E-state index in [1.54, 1.807) is 24.9 Å². The first-order valence-corrected chi connectivity index (χ1v) is 19.7. The number of aliphatic carboxylic acids is 2. The van der Waals surface area contributed by atoms with E-state index < -0.39 is 29.5 Å². The molecular formula is C37H41N3O6S4. The third-order valence-corrected chi connectivity index (χ3v) is 14.7. The van der Waals surface area contributed by atoms with Crippen molar-refractivity contribution in [3.05, 3.63) is 73.1 Å². The van der Waals surface area contributed by atoms with Gasteiger partial charge in [-0.05, 0) is 92.6 Å². The van der Waals surface area contributed by atoms with Crippen LogP contribution in [0.5, 0.6) is 0 Å². The van der Waals surface area contributed by atoms with Crippen LogP contribution in [0.25, 0.3) is 11.0 Å². The minimum atomic E-state index is -1.17. The lowest BCUT2D eigenvalue weighted by atomic mass is 9.78. The van der Waals surface area contributed by atoms with Crippen molar-refractivity contribution in [3.8, 4) is 0 Å². The Morgan fingerprint density at radius 1 is 1.06 bits per heavy atom. The Balaban J connectivity index is 1.32. The van der Waals surface area contributed by atoms with Gasteiger partial charge in [0.15, 0.2) is 0 Å². The van der Waals surface area contributed by atoms with Crippen LogP contribution in [-0.2, 0) is 20.9 Å². The summed E-state index contributed by atoms with van der Waals surface area (Å²) in [6.07, 6.45) is 7.07. The van der Waals surface area contributed by atoms with Crippen LogP contribution in [0.15, 0.2) is 52.2 Å². The normalized spacial score (nSPS) is 22.5. The second-order valence-corrected chi connectivity index (χ2v) is 18.2. The highest BCUT2D eigenvalue weighted by atomic mass is 32.2. The molecule has 0 radical (unpaired) electrons. The first-order valence-electron chi connectivity index (χ1n) is 16.8. The number of carboxylic acid groups (broad SMARTS) is 2. The number of carboxylic acids is 2. The molecule has 2 aromatic carbocycles. The third-order valence-electron chi connectivity index (χ3n) is 10.5. The van der Waals surface area contributed by atoms with Gasteiger partial charge in [0.1, 0.15) is 20.4 Å². The Hall–Kier alpha value is -3.39. The van der Waals surface area contributed by atoms with E-state index in [2.05, 4.69) is 55.1 Å². The highest BCUT2D eigenvalue weighted by molar-refractivity contribution is 8.30. The molecule has 1 saturated heterocycles. The molecule has 1 saturated carbocycles. The van der Waals surface area contributed by atoms with Crippen LogP contribution >= 0.6 is 47.1 Å². The van der Waals surface area contributed by atoms with Gasteiger partial charge < -0.3 is 15.1 Å². The Kier molecular flexibility index (Phi) is 10.2. The number of benzene rings is 2. The van der Waals surface area contributed by atoms with E-state index in [-0.39, 0.29) is 15.6 Å². The summed E-state index contributed by atoms with van der Waals surface area (Å²) < 4.78 is 1.95. The summed E-state index contributed by atoms with van der Waals surface area (Å²) >= 11 is 9.22. The minimum Gasteiger partial charge on any atom is -0.481 e. The van der Waals surface area contributed by atoms with E-state index in [1.807, 2.05) is 19.9 Å². The van der Waals surface area contributed by atoms with Gasteiger partial charge in [0.2, 0.25) is 0 Å². The molecule has 2 N–H and O–H groups in total. The van der Waals surface area contributed by atoms with Gasteiger partial charge in [-0.2, -0.15) is 0 Å². The lowest BCUT2D eigenvalue weighted by Crippen LogP contribution is -2.35. The highest BCUT2D eigenvalue weighted by Gasteiger charge is 2.43. The van der Waals surface area contributed by atoms with Crippen molar-refractivity contribution in [3.63, 3.8) is 0 Å². The number of aromatic nitrogens is 1. The van der Waals surface area contributed by atoms with Crippen LogP contribution in [0.4, 0.5) is 11.4 Å². The van der Waals surface area contributed by atoms with E-state index in [9.17, 15) is 29.4 Å². The predicted molar refractivity (Wildman–Crippen MR) is 206 cm³/mol. The Labute approximate surface area is 309 Å². The van der Waals surface area contributed by atoms with Crippen LogP contribution in [0.1, 0.15) is 83.3 Å². The Bertz CT molecular complexity index is 2070. The molecule has 2 fully saturated rings. The molecule has 3 aliphatic rings. The molecule has 3 aromatic rings. The molecule has 2 aliphatic heterocycles. The van der Waals surface area contributed by atoms with Crippen molar-refractivity contribution >= 4 is 91.6 Å². The molecule has 264 valence electrons. The number of carbonyl (C=O) groups excluding carboxylic acids is 1. The number of hydrogen-bond acceptors (Lipinski definition) is 9. The summed E-state index contributed by atoms with van der Waals surface area (Å²) in [6, 6.07) is 15.2. The number of carbonyl (C=O) groups is 3. The van der Waals surface area contributed by atoms with Gasteiger partial charge in [-0.3, -0.25) is 28.6 Å². The largest absolute Gasteiger partial charge is 0.481 e. The van der Waals surface area contributed by atoms with Gasteiger partial charge in [0, 0.05) is 40.0 Å². The zero-order valence-electron chi connectivity index (χ0n) is 28.7. The van der Waals surface area contributed by atoms with E-state index in [1.165, 1.54) is 10.5 Å². The number of hydrogen-bond donors (Lipinski definition) is 2. The summed E-state index contributed by atoms with van der Waals surface area (Å²) in [4.78, 5) is 55.3. The summed E-state index contributed by atoms with van der Waals surface area (Å²) in [5.41, 5.74) is 3.11. The van der Waals surface area contributed by atoms with Crippen molar-refractivity contribution in [2.24, 2.45) is 5.41 Å². The summed E-state index contributed by atoms with van der Waals surface area (Å²) in [6.45, 7) is 7.52. The highest BCUT2D eigenvalue weighted by Crippen LogP contribution is 2.53. The summed E-state index contributed by atoms with van der Waals surface area (Å²) in [7, 11) is 1.57. The number of thiocarbonyl (C=S) groups is 1. The van der Waals surface area contributed by atoms with Crippen LogP contribution in [-0.4, -0.2) is 59.7 Å². The quantitative estimate of drug-likeness (QED) is 0.169. The molecule has 1 amide bonds. The molecule has 4 atom stereocenters. The number of anilines is 2. The molecule has 3 heterocycles. The molecule has 1 aliphatic carbocycles. The number of thiazole rings is 1. The zero-order chi connectivity index (χ0) is 36.1. The molecule has 9 nitrogen and oxygen atoms in total. The van der Waals surface area contributed by atoms with Crippen LogP contribution < -0.4 is 19.7 Å². The summed E-state index contributed by atoms with van der Waals surface area (Å²) in [5.74, 6) is -1.91. The number of rotatable bonds is 11.